The second-order valence-electron chi connectivity index (χ2n) is 6.78. The van der Waals surface area contributed by atoms with Gasteiger partial charge in [-0.05, 0) is 26.3 Å². The van der Waals surface area contributed by atoms with E-state index in [4.69, 9.17) is 4.42 Å². The summed E-state index contributed by atoms with van der Waals surface area (Å²) in [5, 5.41) is 7.82. The number of hydrogen-bond acceptors (Lipinski definition) is 4. The predicted molar refractivity (Wildman–Crippen MR) is 83.2 cm³/mol. The molecule has 0 aromatic carbocycles. The second kappa shape index (κ2) is 6.02. The summed E-state index contributed by atoms with van der Waals surface area (Å²) in [6.07, 6.45) is 5.76. The lowest BCUT2D eigenvalue weighted by atomic mass is 9.94. The maximum absolute atomic E-state index is 5.79. The van der Waals surface area contributed by atoms with E-state index in [-0.39, 0.29) is 17.5 Å². The smallest absolute Gasteiger partial charge is 0.208 e. The quantitative estimate of drug-likeness (QED) is 0.918. The summed E-state index contributed by atoms with van der Waals surface area (Å²) in [5.74, 6) is 1.65. The molecule has 0 aliphatic heterocycles. The van der Waals surface area contributed by atoms with Crippen molar-refractivity contribution in [1.29, 1.82) is 0 Å². The van der Waals surface area contributed by atoms with Gasteiger partial charge in [0, 0.05) is 17.7 Å². The molecular weight excluding hydrogens is 264 g/mol. The summed E-state index contributed by atoms with van der Waals surface area (Å²) in [6.45, 7) is 13.3. The lowest BCUT2D eigenvalue weighted by Crippen LogP contribution is -2.33. The van der Waals surface area contributed by atoms with Crippen LogP contribution in [0.25, 0.3) is 0 Å². The van der Waals surface area contributed by atoms with Crippen molar-refractivity contribution in [3.05, 3.63) is 35.8 Å². The Labute approximate surface area is 126 Å². The van der Waals surface area contributed by atoms with Crippen LogP contribution in [0.15, 0.2) is 23.0 Å². The molecule has 1 N–H and O–H groups in total. The van der Waals surface area contributed by atoms with Gasteiger partial charge in [-0.15, -0.1) is 0 Å². The Hall–Kier alpha value is -1.62. The van der Waals surface area contributed by atoms with Gasteiger partial charge >= 0.3 is 0 Å². The molecule has 5 nitrogen and oxygen atoms in total. The lowest BCUT2D eigenvalue weighted by Gasteiger charge is -2.21. The van der Waals surface area contributed by atoms with Crippen LogP contribution in [-0.4, -0.2) is 20.8 Å². The summed E-state index contributed by atoms with van der Waals surface area (Å²) in [4.78, 5) is 4.34. The number of oxazole rings is 1. The van der Waals surface area contributed by atoms with Gasteiger partial charge in [0.1, 0.15) is 5.76 Å². The Balaban J connectivity index is 1.92. The van der Waals surface area contributed by atoms with Gasteiger partial charge in [0.25, 0.3) is 0 Å². The van der Waals surface area contributed by atoms with Crippen molar-refractivity contribution in [2.45, 2.75) is 65.6 Å². The van der Waals surface area contributed by atoms with Crippen LogP contribution in [0.1, 0.15) is 57.9 Å². The molecule has 0 bridgehead atoms. The van der Waals surface area contributed by atoms with Crippen molar-refractivity contribution in [3.63, 3.8) is 0 Å². The first-order valence-corrected chi connectivity index (χ1v) is 7.46. The number of aryl methyl sites for hydroxylation is 1. The fourth-order valence-corrected chi connectivity index (χ4v) is 2.04. The Morgan fingerprint density at radius 1 is 1.29 bits per heavy atom. The average molecular weight is 290 g/mol. The van der Waals surface area contributed by atoms with Gasteiger partial charge < -0.3 is 9.73 Å². The number of nitrogens with zero attached hydrogens (tertiary/aromatic N) is 3. The van der Waals surface area contributed by atoms with Crippen molar-refractivity contribution in [3.8, 4) is 0 Å². The molecule has 2 aromatic heterocycles. The third kappa shape index (κ3) is 3.94. The molecule has 0 spiro atoms. The highest BCUT2D eigenvalue weighted by molar-refractivity contribution is 5.06. The lowest BCUT2D eigenvalue weighted by molar-refractivity contribution is 0.332. The van der Waals surface area contributed by atoms with Gasteiger partial charge in [-0.1, -0.05) is 20.8 Å². The molecule has 0 fully saturated rings. The molecule has 0 radical (unpaired) electrons. The first-order chi connectivity index (χ1) is 9.77. The van der Waals surface area contributed by atoms with Crippen molar-refractivity contribution < 1.29 is 4.42 Å². The standard InChI is InChI=1S/C16H26N4O/c1-11-7-19-20(10-11)13(3)12(2)17-9-15-18-8-14(21-15)16(4,5)6/h7-8,10,12-13,17H,9H2,1-6H3/t12-,13-/m0/s1. The fourth-order valence-electron chi connectivity index (χ4n) is 2.04. The minimum atomic E-state index is -0.00323. The minimum absolute atomic E-state index is 0.00323. The fraction of sp³-hybridized carbons (Fsp3) is 0.625. The summed E-state index contributed by atoms with van der Waals surface area (Å²) in [6, 6.07) is 0.546. The monoisotopic (exact) mass is 290 g/mol. The molecule has 0 saturated carbocycles. The number of rotatable bonds is 5. The van der Waals surface area contributed by atoms with Crippen LogP contribution in [-0.2, 0) is 12.0 Å². The first kappa shape index (κ1) is 15.8. The number of hydrogen-bond donors (Lipinski definition) is 1. The van der Waals surface area contributed by atoms with E-state index >= 15 is 0 Å². The van der Waals surface area contributed by atoms with Gasteiger partial charge in [-0.3, -0.25) is 4.68 Å². The zero-order valence-corrected chi connectivity index (χ0v) is 13.8. The summed E-state index contributed by atoms with van der Waals surface area (Å²) in [7, 11) is 0. The molecule has 116 valence electrons. The molecule has 2 heterocycles. The van der Waals surface area contributed by atoms with Crippen LogP contribution < -0.4 is 5.32 Å². The normalized spacial score (nSPS) is 15.1. The van der Waals surface area contributed by atoms with Gasteiger partial charge in [0.05, 0.1) is 25.0 Å². The van der Waals surface area contributed by atoms with E-state index in [1.165, 1.54) is 5.56 Å². The number of nitrogens with one attached hydrogen (secondary N) is 1. The Morgan fingerprint density at radius 2 is 2.00 bits per heavy atom. The van der Waals surface area contributed by atoms with Gasteiger partial charge in [-0.2, -0.15) is 5.10 Å². The number of aromatic nitrogens is 3. The summed E-state index contributed by atoms with van der Waals surface area (Å²) in [5.41, 5.74) is 1.17. The molecule has 0 amide bonds. The van der Waals surface area contributed by atoms with Crippen LogP contribution in [0.4, 0.5) is 0 Å². The maximum atomic E-state index is 5.79. The van der Waals surface area contributed by atoms with E-state index in [9.17, 15) is 0 Å². The van der Waals surface area contributed by atoms with Gasteiger partial charge in [-0.25, -0.2) is 4.98 Å². The van der Waals surface area contributed by atoms with Crippen molar-refractivity contribution in [1.82, 2.24) is 20.1 Å². The molecule has 2 rings (SSSR count). The Bertz CT molecular complexity index is 579. The summed E-state index contributed by atoms with van der Waals surface area (Å²) < 4.78 is 7.78. The van der Waals surface area contributed by atoms with E-state index in [1.807, 2.05) is 17.1 Å². The highest BCUT2D eigenvalue weighted by Crippen LogP contribution is 2.22. The molecule has 2 atom stereocenters. The second-order valence-corrected chi connectivity index (χ2v) is 6.78. The Morgan fingerprint density at radius 3 is 2.52 bits per heavy atom. The molecule has 2 aromatic rings. The third-order valence-corrected chi connectivity index (χ3v) is 3.74. The van der Waals surface area contributed by atoms with Crippen LogP contribution >= 0.6 is 0 Å². The minimum Gasteiger partial charge on any atom is -0.444 e. The van der Waals surface area contributed by atoms with E-state index < -0.39 is 0 Å². The maximum Gasteiger partial charge on any atom is 0.208 e. The van der Waals surface area contributed by atoms with Crippen LogP contribution in [0, 0.1) is 6.92 Å². The molecule has 0 aliphatic carbocycles. The van der Waals surface area contributed by atoms with Crippen LogP contribution in [0.3, 0.4) is 0 Å². The zero-order valence-electron chi connectivity index (χ0n) is 13.8. The molecule has 0 saturated heterocycles. The molecular formula is C16H26N4O. The summed E-state index contributed by atoms with van der Waals surface area (Å²) >= 11 is 0. The van der Waals surface area contributed by atoms with Gasteiger partial charge in [0.15, 0.2) is 0 Å². The molecule has 0 aliphatic rings. The average Bonchev–Trinajstić information content (AvgIpc) is 3.03. The van der Waals surface area contributed by atoms with Crippen molar-refractivity contribution in [2.24, 2.45) is 0 Å². The van der Waals surface area contributed by atoms with E-state index in [0.717, 1.165) is 11.7 Å². The third-order valence-electron chi connectivity index (χ3n) is 3.74. The first-order valence-electron chi connectivity index (χ1n) is 7.46. The van der Waals surface area contributed by atoms with Gasteiger partial charge in [0.2, 0.25) is 5.89 Å². The van der Waals surface area contributed by atoms with Crippen LogP contribution in [0.5, 0.6) is 0 Å². The van der Waals surface area contributed by atoms with Crippen molar-refractivity contribution >= 4 is 0 Å². The molecule has 21 heavy (non-hydrogen) atoms. The highest BCUT2D eigenvalue weighted by atomic mass is 16.4. The largest absolute Gasteiger partial charge is 0.444 e. The van der Waals surface area contributed by atoms with E-state index in [0.29, 0.717) is 6.54 Å². The Kier molecular flexibility index (Phi) is 4.52. The van der Waals surface area contributed by atoms with Crippen molar-refractivity contribution in [2.75, 3.05) is 0 Å². The SMILES string of the molecule is Cc1cnn([C@@H](C)[C@H](C)NCc2ncc(C(C)(C)C)o2)c1. The highest BCUT2D eigenvalue weighted by Gasteiger charge is 2.20. The van der Waals surface area contributed by atoms with Crippen LogP contribution in [0.2, 0.25) is 0 Å². The molecule has 0 unspecified atom stereocenters. The topological polar surface area (TPSA) is 55.9 Å². The van der Waals surface area contributed by atoms with E-state index in [2.05, 4.69) is 63.1 Å². The predicted octanol–water partition coefficient (Wildman–Crippen LogP) is 3.22. The zero-order chi connectivity index (χ0) is 15.6. The van der Waals surface area contributed by atoms with E-state index in [1.54, 1.807) is 0 Å². The molecule has 5 heteroatoms.